The molecule has 0 atom stereocenters. The summed E-state index contributed by atoms with van der Waals surface area (Å²) in [6.45, 7) is -0.217. The summed E-state index contributed by atoms with van der Waals surface area (Å²) in [5.41, 5.74) is 0. The Morgan fingerprint density at radius 2 is 2.28 bits per heavy atom. The molecule has 0 aliphatic carbocycles. The zero-order valence-corrected chi connectivity index (χ0v) is 10.00. The van der Waals surface area contributed by atoms with Crippen molar-refractivity contribution in [2.45, 2.75) is 6.54 Å². The van der Waals surface area contributed by atoms with Crippen molar-refractivity contribution in [1.82, 2.24) is 9.80 Å². The summed E-state index contributed by atoms with van der Waals surface area (Å²) >= 11 is 0. The zero-order valence-electron chi connectivity index (χ0n) is 10.00. The molecule has 0 radical (unpaired) electrons. The van der Waals surface area contributed by atoms with Crippen molar-refractivity contribution in [3.8, 4) is 12.3 Å². The number of amides is 2. The molecule has 0 saturated heterocycles. The minimum absolute atomic E-state index is 0.0480. The van der Waals surface area contributed by atoms with Crippen LogP contribution in [0.25, 0.3) is 0 Å². The zero-order chi connectivity index (χ0) is 13.5. The van der Waals surface area contributed by atoms with Crippen LogP contribution >= 0.6 is 0 Å². The summed E-state index contributed by atoms with van der Waals surface area (Å²) in [4.78, 5) is 25.0. The van der Waals surface area contributed by atoms with Crippen LogP contribution in [-0.2, 0) is 11.3 Å². The Kier molecular flexibility index (Phi) is 4.81. The third kappa shape index (κ3) is 3.87. The highest BCUT2D eigenvalue weighted by molar-refractivity contribution is 5.80. The maximum Gasteiger partial charge on any atom is 0.323 e. The summed E-state index contributed by atoms with van der Waals surface area (Å²) < 4.78 is 5.11. The molecule has 0 saturated carbocycles. The third-order valence-corrected chi connectivity index (χ3v) is 2.18. The van der Waals surface area contributed by atoms with Gasteiger partial charge < -0.3 is 19.3 Å². The average molecular weight is 250 g/mol. The lowest BCUT2D eigenvalue weighted by Gasteiger charge is -2.24. The fraction of sp³-hybridized carbons (Fsp3) is 0.333. The van der Waals surface area contributed by atoms with E-state index in [0.29, 0.717) is 5.76 Å². The van der Waals surface area contributed by atoms with Gasteiger partial charge in [-0.05, 0) is 12.1 Å². The first-order valence-corrected chi connectivity index (χ1v) is 5.22. The van der Waals surface area contributed by atoms with Gasteiger partial charge in [0.2, 0.25) is 0 Å². The molecular weight excluding hydrogens is 236 g/mol. The molecule has 0 spiro atoms. The molecule has 1 rings (SSSR count). The Morgan fingerprint density at radius 3 is 2.78 bits per heavy atom. The van der Waals surface area contributed by atoms with Crippen LogP contribution in [0.4, 0.5) is 4.79 Å². The van der Waals surface area contributed by atoms with E-state index in [0.717, 1.165) is 4.90 Å². The Morgan fingerprint density at radius 1 is 1.56 bits per heavy atom. The average Bonchev–Trinajstić information content (AvgIpc) is 2.79. The second-order valence-electron chi connectivity index (χ2n) is 3.67. The van der Waals surface area contributed by atoms with E-state index in [2.05, 4.69) is 5.92 Å². The Hall–Kier alpha value is -2.42. The number of terminal acetylenes is 1. The number of hydrogen-bond acceptors (Lipinski definition) is 3. The van der Waals surface area contributed by atoms with E-state index < -0.39 is 18.5 Å². The van der Waals surface area contributed by atoms with Crippen LogP contribution in [0.2, 0.25) is 0 Å². The largest absolute Gasteiger partial charge is 0.480 e. The Balaban J connectivity index is 2.64. The molecule has 0 aliphatic rings. The van der Waals surface area contributed by atoms with Crippen LogP contribution in [0.15, 0.2) is 22.8 Å². The van der Waals surface area contributed by atoms with Crippen LogP contribution in [0.1, 0.15) is 5.76 Å². The molecule has 18 heavy (non-hydrogen) atoms. The van der Waals surface area contributed by atoms with Crippen LogP contribution in [0.5, 0.6) is 0 Å². The van der Waals surface area contributed by atoms with Gasteiger partial charge in [0.05, 0.1) is 19.4 Å². The van der Waals surface area contributed by atoms with Gasteiger partial charge in [0, 0.05) is 7.05 Å². The molecule has 1 N–H and O–H groups in total. The number of rotatable bonds is 5. The fourth-order valence-corrected chi connectivity index (χ4v) is 1.41. The minimum Gasteiger partial charge on any atom is -0.480 e. The topological polar surface area (TPSA) is 74.0 Å². The van der Waals surface area contributed by atoms with Crippen molar-refractivity contribution < 1.29 is 19.1 Å². The van der Waals surface area contributed by atoms with Gasteiger partial charge in [-0.25, -0.2) is 4.79 Å². The lowest BCUT2D eigenvalue weighted by molar-refractivity contribution is -0.137. The number of carbonyl (C=O) groups excluding carboxylic acids is 1. The van der Waals surface area contributed by atoms with Gasteiger partial charge in [0.25, 0.3) is 0 Å². The highest BCUT2D eigenvalue weighted by Crippen LogP contribution is 2.06. The van der Waals surface area contributed by atoms with Crippen molar-refractivity contribution in [1.29, 1.82) is 0 Å². The Labute approximate surface area is 105 Å². The summed E-state index contributed by atoms with van der Waals surface area (Å²) in [5, 5.41) is 8.70. The number of furan rings is 1. The molecule has 2 amide bonds. The third-order valence-electron chi connectivity index (χ3n) is 2.18. The number of aliphatic carboxylic acids is 1. The maximum absolute atomic E-state index is 11.9. The SMILES string of the molecule is C#CCN(CC(=O)O)C(=O)N(C)Cc1ccco1. The standard InChI is InChI=1S/C12H14N2O4/c1-3-6-14(9-11(15)16)12(17)13(2)8-10-5-4-7-18-10/h1,4-5,7H,6,8-9H2,2H3,(H,15,16). The molecule has 0 fully saturated rings. The molecule has 1 heterocycles. The molecular formula is C12H14N2O4. The van der Waals surface area contributed by atoms with Gasteiger partial charge in [-0.1, -0.05) is 5.92 Å². The first-order valence-electron chi connectivity index (χ1n) is 5.22. The Bertz CT molecular complexity index is 447. The number of hydrogen-bond donors (Lipinski definition) is 1. The molecule has 1 aromatic heterocycles. The number of carboxylic acids is 1. The van der Waals surface area contributed by atoms with E-state index in [1.165, 1.54) is 11.2 Å². The molecule has 0 unspecified atom stereocenters. The van der Waals surface area contributed by atoms with Crippen molar-refractivity contribution in [3.63, 3.8) is 0 Å². The molecule has 6 heteroatoms. The summed E-state index contributed by atoms with van der Waals surface area (Å²) in [5.74, 6) is 1.77. The van der Waals surface area contributed by atoms with Gasteiger partial charge in [-0.2, -0.15) is 0 Å². The molecule has 0 aliphatic heterocycles. The monoisotopic (exact) mass is 250 g/mol. The normalized spacial score (nSPS) is 9.56. The van der Waals surface area contributed by atoms with E-state index in [1.807, 2.05) is 0 Å². The molecule has 0 bridgehead atoms. The van der Waals surface area contributed by atoms with Gasteiger partial charge in [0.1, 0.15) is 12.3 Å². The molecule has 0 aromatic carbocycles. The predicted octanol–water partition coefficient (Wildman–Crippen LogP) is 0.851. The number of urea groups is 1. The maximum atomic E-state index is 11.9. The quantitative estimate of drug-likeness (QED) is 0.786. The van der Waals surface area contributed by atoms with Gasteiger partial charge >= 0.3 is 12.0 Å². The van der Waals surface area contributed by atoms with E-state index in [-0.39, 0.29) is 13.1 Å². The lowest BCUT2D eigenvalue weighted by atomic mass is 10.4. The van der Waals surface area contributed by atoms with E-state index in [4.69, 9.17) is 15.9 Å². The minimum atomic E-state index is -1.11. The van der Waals surface area contributed by atoms with Crippen molar-refractivity contribution in [2.24, 2.45) is 0 Å². The summed E-state index contributed by atoms with van der Waals surface area (Å²) in [7, 11) is 1.55. The van der Waals surface area contributed by atoms with Crippen LogP contribution in [0.3, 0.4) is 0 Å². The van der Waals surface area contributed by atoms with E-state index >= 15 is 0 Å². The fourth-order valence-electron chi connectivity index (χ4n) is 1.41. The van der Waals surface area contributed by atoms with Crippen LogP contribution in [-0.4, -0.2) is 47.0 Å². The van der Waals surface area contributed by atoms with Crippen LogP contribution < -0.4 is 0 Å². The highest BCUT2D eigenvalue weighted by atomic mass is 16.4. The molecule has 6 nitrogen and oxygen atoms in total. The second-order valence-corrected chi connectivity index (χ2v) is 3.67. The lowest BCUT2D eigenvalue weighted by Crippen LogP contribution is -2.43. The van der Waals surface area contributed by atoms with Crippen molar-refractivity contribution >= 4 is 12.0 Å². The van der Waals surface area contributed by atoms with Gasteiger partial charge in [-0.3, -0.25) is 4.79 Å². The van der Waals surface area contributed by atoms with Crippen molar-refractivity contribution in [3.05, 3.63) is 24.2 Å². The highest BCUT2D eigenvalue weighted by Gasteiger charge is 2.20. The van der Waals surface area contributed by atoms with Gasteiger partial charge in [0.15, 0.2) is 0 Å². The van der Waals surface area contributed by atoms with Crippen molar-refractivity contribution in [2.75, 3.05) is 20.1 Å². The smallest absolute Gasteiger partial charge is 0.323 e. The van der Waals surface area contributed by atoms with Gasteiger partial charge in [-0.15, -0.1) is 6.42 Å². The number of nitrogens with zero attached hydrogens (tertiary/aromatic N) is 2. The molecule has 1 aromatic rings. The first-order chi connectivity index (χ1) is 8.54. The van der Waals surface area contributed by atoms with E-state index in [1.54, 1.807) is 19.2 Å². The summed E-state index contributed by atoms with van der Waals surface area (Å²) in [6, 6.07) is 2.99. The second kappa shape index (κ2) is 6.35. The number of carboxylic acid groups (broad SMARTS) is 1. The van der Waals surface area contributed by atoms with E-state index in [9.17, 15) is 9.59 Å². The predicted molar refractivity (Wildman–Crippen MR) is 63.6 cm³/mol. The molecule has 96 valence electrons. The summed E-state index contributed by atoms with van der Waals surface area (Å²) in [6.07, 6.45) is 6.61. The van der Waals surface area contributed by atoms with Crippen LogP contribution in [0, 0.1) is 12.3 Å². The first kappa shape index (κ1) is 13.6. The number of carbonyl (C=O) groups is 2.